The summed E-state index contributed by atoms with van der Waals surface area (Å²) < 4.78 is 1.84. The molecule has 1 amide bonds. The smallest absolute Gasteiger partial charge is 0.224 e. The Hall–Kier alpha value is -1.36. The summed E-state index contributed by atoms with van der Waals surface area (Å²) >= 11 is 0. The predicted octanol–water partition coefficient (Wildman–Crippen LogP) is 2.35. The molecule has 5 heteroatoms. The van der Waals surface area contributed by atoms with E-state index in [9.17, 15) is 4.79 Å². The second-order valence-electron chi connectivity index (χ2n) is 6.93. The van der Waals surface area contributed by atoms with E-state index in [4.69, 9.17) is 0 Å². The molecule has 1 aliphatic rings. The number of nitrogens with zero attached hydrogens (tertiary/aromatic N) is 3. The van der Waals surface area contributed by atoms with Crippen molar-refractivity contribution in [2.45, 2.75) is 64.8 Å². The van der Waals surface area contributed by atoms with Gasteiger partial charge >= 0.3 is 0 Å². The molecule has 0 aliphatic heterocycles. The maximum atomic E-state index is 12.1. The number of carbonyl (C=O) groups excluding carboxylic acids is 1. The Labute approximate surface area is 140 Å². The van der Waals surface area contributed by atoms with E-state index in [0.29, 0.717) is 6.42 Å². The van der Waals surface area contributed by atoms with Crippen LogP contribution < -0.4 is 5.32 Å². The lowest BCUT2D eigenvalue weighted by Gasteiger charge is -2.31. The normalized spacial score (nSPS) is 16.0. The minimum Gasteiger partial charge on any atom is -0.356 e. The first-order chi connectivity index (χ1) is 11.0. The zero-order valence-corrected chi connectivity index (χ0v) is 15.2. The minimum absolute atomic E-state index is 0.101. The topological polar surface area (TPSA) is 50.2 Å². The molecule has 1 aromatic heterocycles. The molecule has 0 aromatic carbocycles. The lowest BCUT2D eigenvalue weighted by atomic mass is 9.94. The molecule has 1 aromatic rings. The first-order valence-electron chi connectivity index (χ1n) is 8.95. The van der Waals surface area contributed by atoms with E-state index < -0.39 is 0 Å². The van der Waals surface area contributed by atoms with Gasteiger partial charge in [0.25, 0.3) is 0 Å². The van der Waals surface area contributed by atoms with Gasteiger partial charge in [-0.3, -0.25) is 9.48 Å². The molecule has 0 saturated heterocycles. The number of nitrogens with one attached hydrogen (secondary N) is 1. The fourth-order valence-corrected chi connectivity index (χ4v) is 3.56. The van der Waals surface area contributed by atoms with Gasteiger partial charge in [-0.25, -0.2) is 0 Å². The summed E-state index contributed by atoms with van der Waals surface area (Å²) in [6, 6.07) is 0.750. The van der Waals surface area contributed by atoms with Crippen molar-refractivity contribution in [1.29, 1.82) is 0 Å². The van der Waals surface area contributed by atoms with E-state index in [1.165, 1.54) is 32.1 Å². The Kier molecular flexibility index (Phi) is 6.63. The number of carbonyl (C=O) groups is 1. The van der Waals surface area contributed by atoms with Gasteiger partial charge in [0.1, 0.15) is 0 Å². The SMILES string of the molecule is Cc1nn(C)c(C)c1CC(=O)NCCCN(C)C1CCCCC1. The van der Waals surface area contributed by atoms with Gasteiger partial charge in [0.2, 0.25) is 5.91 Å². The Bertz CT molecular complexity index is 517. The fourth-order valence-electron chi connectivity index (χ4n) is 3.56. The molecule has 1 fully saturated rings. The first-order valence-corrected chi connectivity index (χ1v) is 8.95. The van der Waals surface area contributed by atoms with Gasteiger partial charge in [0.05, 0.1) is 12.1 Å². The Morgan fingerprint density at radius 1 is 1.30 bits per heavy atom. The molecule has 2 rings (SSSR count). The first kappa shape index (κ1) is 18.0. The van der Waals surface area contributed by atoms with Gasteiger partial charge in [0, 0.05) is 30.9 Å². The summed E-state index contributed by atoms with van der Waals surface area (Å²) in [5.74, 6) is 0.101. The van der Waals surface area contributed by atoms with Crippen LogP contribution >= 0.6 is 0 Å². The van der Waals surface area contributed by atoms with Gasteiger partial charge in [-0.05, 0) is 46.7 Å². The third-order valence-electron chi connectivity index (χ3n) is 5.20. The van der Waals surface area contributed by atoms with E-state index >= 15 is 0 Å². The largest absolute Gasteiger partial charge is 0.356 e. The summed E-state index contributed by atoms with van der Waals surface area (Å²) in [6.07, 6.45) is 8.26. The standard InChI is InChI=1S/C18H32N4O/c1-14-17(15(2)22(4)20-14)13-18(23)19-11-8-12-21(3)16-9-6-5-7-10-16/h16H,5-13H2,1-4H3,(H,19,23). The van der Waals surface area contributed by atoms with Crippen LogP contribution in [-0.2, 0) is 18.3 Å². The van der Waals surface area contributed by atoms with Crippen molar-refractivity contribution in [2.24, 2.45) is 7.05 Å². The van der Waals surface area contributed by atoms with Crippen molar-refractivity contribution in [1.82, 2.24) is 20.0 Å². The van der Waals surface area contributed by atoms with Crippen molar-refractivity contribution < 1.29 is 4.79 Å². The highest BCUT2D eigenvalue weighted by atomic mass is 16.1. The summed E-state index contributed by atoms with van der Waals surface area (Å²) in [5.41, 5.74) is 3.09. The maximum Gasteiger partial charge on any atom is 0.224 e. The zero-order valence-electron chi connectivity index (χ0n) is 15.2. The predicted molar refractivity (Wildman–Crippen MR) is 93.5 cm³/mol. The van der Waals surface area contributed by atoms with Crippen molar-refractivity contribution in [2.75, 3.05) is 20.1 Å². The van der Waals surface area contributed by atoms with Crippen molar-refractivity contribution in [3.05, 3.63) is 17.0 Å². The second kappa shape index (κ2) is 8.48. The van der Waals surface area contributed by atoms with Crippen LogP contribution in [0, 0.1) is 13.8 Å². The molecule has 0 spiro atoms. The van der Waals surface area contributed by atoms with Gasteiger partial charge in [-0.2, -0.15) is 5.10 Å². The van der Waals surface area contributed by atoms with Crippen molar-refractivity contribution in [3.63, 3.8) is 0 Å². The van der Waals surface area contributed by atoms with E-state index in [1.807, 2.05) is 25.6 Å². The van der Waals surface area contributed by atoms with Crippen LogP contribution in [0.5, 0.6) is 0 Å². The molecule has 0 atom stereocenters. The van der Waals surface area contributed by atoms with Gasteiger partial charge in [-0.15, -0.1) is 0 Å². The molecule has 0 bridgehead atoms. The molecule has 5 nitrogen and oxygen atoms in total. The molecule has 0 unspecified atom stereocenters. The lowest BCUT2D eigenvalue weighted by molar-refractivity contribution is -0.120. The third-order valence-corrected chi connectivity index (χ3v) is 5.20. The monoisotopic (exact) mass is 320 g/mol. The number of amides is 1. The number of rotatable bonds is 7. The summed E-state index contributed by atoms with van der Waals surface area (Å²) in [6.45, 7) is 5.81. The zero-order chi connectivity index (χ0) is 16.8. The average molecular weight is 320 g/mol. The van der Waals surface area contributed by atoms with Crippen molar-refractivity contribution in [3.8, 4) is 0 Å². The third kappa shape index (κ3) is 5.06. The quantitative estimate of drug-likeness (QED) is 0.785. The lowest BCUT2D eigenvalue weighted by Crippen LogP contribution is -2.36. The minimum atomic E-state index is 0.101. The highest BCUT2D eigenvalue weighted by molar-refractivity contribution is 5.79. The number of hydrogen-bond donors (Lipinski definition) is 1. The molecule has 0 radical (unpaired) electrons. The fraction of sp³-hybridized carbons (Fsp3) is 0.778. The van der Waals surface area contributed by atoms with Crippen LogP contribution in [0.2, 0.25) is 0 Å². The Morgan fingerprint density at radius 3 is 2.61 bits per heavy atom. The number of aromatic nitrogens is 2. The van der Waals surface area contributed by atoms with Gasteiger partial charge in [0.15, 0.2) is 0 Å². The average Bonchev–Trinajstić information content (AvgIpc) is 2.78. The Balaban J connectivity index is 1.66. The van der Waals surface area contributed by atoms with Crippen LogP contribution in [-0.4, -0.2) is 46.8 Å². The molecular weight excluding hydrogens is 288 g/mol. The van der Waals surface area contributed by atoms with Crippen LogP contribution in [0.15, 0.2) is 0 Å². The molecule has 23 heavy (non-hydrogen) atoms. The highest BCUT2D eigenvalue weighted by Crippen LogP contribution is 2.21. The van der Waals surface area contributed by atoms with Crippen LogP contribution in [0.4, 0.5) is 0 Å². The van der Waals surface area contributed by atoms with E-state index in [0.717, 1.165) is 42.5 Å². The van der Waals surface area contributed by atoms with E-state index in [1.54, 1.807) is 0 Å². The van der Waals surface area contributed by atoms with E-state index in [2.05, 4.69) is 22.4 Å². The van der Waals surface area contributed by atoms with E-state index in [-0.39, 0.29) is 5.91 Å². The molecule has 1 N–H and O–H groups in total. The van der Waals surface area contributed by atoms with Crippen LogP contribution in [0.25, 0.3) is 0 Å². The Morgan fingerprint density at radius 2 is 2.00 bits per heavy atom. The van der Waals surface area contributed by atoms with Crippen molar-refractivity contribution >= 4 is 5.91 Å². The van der Waals surface area contributed by atoms with Crippen LogP contribution in [0.3, 0.4) is 0 Å². The molecule has 1 saturated carbocycles. The van der Waals surface area contributed by atoms with Crippen LogP contribution in [0.1, 0.15) is 55.5 Å². The van der Waals surface area contributed by atoms with Gasteiger partial charge < -0.3 is 10.2 Å². The summed E-state index contributed by atoms with van der Waals surface area (Å²) in [7, 11) is 4.14. The van der Waals surface area contributed by atoms with Gasteiger partial charge in [-0.1, -0.05) is 19.3 Å². The molecular formula is C18H32N4O. The molecule has 1 heterocycles. The summed E-state index contributed by atoms with van der Waals surface area (Å²) in [4.78, 5) is 14.6. The number of hydrogen-bond acceptors (Lipinski definition) is 3. The molecule has 1 aliphatic carbocycles. The molecule has 130 valence electrons. The summed E-state index contributed by atoms with van der Waals surface area (Å²) in [5, 5.41) is 7.42. The maximum absolute atomic E-state index is 12.1. The second-order valence-corrected chi connectivity index (χ2v) is 6.93. The highest BCUT2D eigenvalue weighted by Gasteiger charge is 2.17. The number of aryl methyl sites for hydroxylation is 2.